The Labute approximate surface area is 117 Å². The van der Waals surface area contributed by atoms with Crippen LogP contribution in [0.2, 0.25) is 0 Å². The Balaban J connectivity index is 3.07. The molecule has 0 fully saturated rings. The highest BCUT2D eigenvalue weighted by atomic mass is 35.5. The Morgan fingerprint density at radius 2 is 1.28 bits per heavy atom. The zero-order valence-corrected chi connectivity index (χ0v) is 11.2. The van der Waals surface area contributed by atoms with Crippen molar-refractivity contribution in [3.63, 3.8) is 0 Å². The maximum absolute atomic E-state index is 5.85. The van der Waals surface area contributed by atoms with Gasteiger partial charge in [0.25, 0.3) is 0 Å². The highest BCUT2D eigenvalue weighted by Crippen LogP contribution is 2.31. The summed E-state index contributed by atoms with van der Waals surface area (Å²) in [7, 11) is 0. The van der Waals surface area contributed by atoms with E-state index in [1.165, 1.54) is 0 Å². The maximum Gasteiger partial charge on any atom is 0.148 e. The zero-order chi connectivity index (χ0) is 13.4. The SMILES string of the molecule is C#CCOc1cc(CCl)c(OCC#C)cc1CCl. The van der Waals surface area contributed by atoms with E-state index in [4.69, 9.17) is 45.5 Å². The van der Waals surface area contributed by atoms with Crippen molar-refractivity contribution in [2.75, 3.05) is 13.2 Å². The summed E-state index contributed by atoms with van der Waals surface area (Å²) in [6, 6.07) is 3.54. The second kappa shape index (κ2) is 7.77. The highest BCUT2D eigenvalue weighted by Gasteiger charge is 2.11. The molecule has 0 heterocycles. The van der Waals surface area contributed by atoms with Gasteiger partial charge in [-0.3, -0.25) is 0 Å². The minimum absolute atomic E-state index is 0.177. The van der Waals surface area contributed by atoms with Crippen molar-refractivity contribution < 1.29 is 9.47 Å². The first-order valence-electron chi connectivity index (χ1n) is 5.17. The van der Waals surface area contributed by atoms with E-state index >= 15 is 0 Å². The van der Waals surface area contributed by atoms with E-state index < -0.39 is 0 Å². The first-order chi connectivity index (χ1) is 8.76. The van der Waals surface area contributed by atoms with Gasteiger partial charge in [0, 0.05) is 11.1 Å². The van der Waals surface area contributed by atoms with Crippen molar-refractivity contribution in [2.45, 2.75) is 11.8 Å². The molecule has 0 radical (unpaired) electrons. The number of halogens is 2. The van der Waals surface area contributed by atoms with Crippen molar-refractivity contribution >= 4 is 23.2 Å². The molecule has 0 bridgehead atoms. The van der Waals surface area contributed by atoms with Crippen LogP contribution in [0.5, 0.6) is 11.5 Å². The molecule has 0 saturated heterocycles. The van der Waals surface area contributed by atoms with E-state index in [1.54, 1.807) is 12.1 Å². The Morgan fingerprint density at radius 1 is 0.889 bits per heavy atom. The molecule has 0 unspecified atom stereocenters. The standard InChI is InChI=1S/C14H12Cl2O2/c1-3-5-17-13-7-12(10-16)14(18-6-4-2)8-11(13)9-15/h1-2,7-8H,5-6,9-10H2. The Bertz CT molecular complexity index is 438. The number of terminal acetylenes is 2. The molecule has 0 spiro atoms. The predicted molar refractivity (Wildman–Crippen MR) is 74.2 cm³/mol. The van der Waals surface area contributed by atoms with E-state index in [0.29, 0.717) is 11.5 Å². The summed E-state index contributed by atoms with van der Waals surface area (Å²) in [6.07, 6.45) is 10.3. The summed E-state index contributed by atoms with van der Waals surface area (Å²) >= 11 is 11.7. The average molecular weight is 283 g/mol. The average Bonchev–Trinajstić information content (AvgIpc) is 2.42. The first kappa shape index (κ1) is 14.6. The van der Waals surface area contributed by atoms with Crippen LogP contribution < -0.4 is 9.47 Å². The first-order valence-corrected chi connectivity index (χ1v) is 6.24. The van der Waals surface area contributed by atoms with Gasteiger partial charge >= 0.3 is 0 Å². The summed E-state index contributed by atoms with van der Waals surface area (Å²) in [6.45, 7) is 0.354. The third kappa shape index (κ3) is 3.77. The minimum Gasteiger partial charge on any atom is -0.481 e. The maximum atomic E-state index is 5.85. The van der Waals surface area contributed by atoms with Gasteiger partial charge in [-0.2, -0.15) is 0 Å². The smallest absolute Gasteiger partial charge is 0.148 e. The zero-order valence-electron chi connectivity index (χ0n) is 9.71. The summed E-state index contributed by atoms with van der Waals surface area (Å²) in [4.78, 5) is 0. The Morgan fingerprint density at radius 3 is 1.56 bits per heavy atom. The second-order valence-electron chi connectivity index (χ2n) is 3.32. The van der Waals surface area contributed by atoms with Gasteiger partial charge in [0.1, 0.15) is 24.7 Å². The molecule has 0 aromatic heterocycles. The van der Waals surface area contributed by atoms with E-state index in [1.807, 2.05) is 0 Å². The van der Waals surface area contributed by atoms with Crippen LogP contribution in [0.25, 0.3) is 0 Å². The molecule has 0 aliphatic rings. The lowest BCUT2D eigenvalue weighted by Crippen LogP contribution is -2.02. The van der Waals surface area contributed by atoms with Gasteiger partial charge in [-0.25, -0.2) is 0 Å². The molecule has 0 saturated carbocycles. The summed E-state index contributed by atoms with van der Waals surface area (Å²) in [5.41, 5.74) is 1.57. The van der Waals surface area contributed by atoms with E-state index in [9.17, 15) is 0 Å². The Hall–Kier alpha value is -1.48. The molecule has 0 amide bonds. The molecule has 1 aromatic carbocycles. The third-order valence-corrected chi connectivity index (χ3v) is 2.73. The molecular weight excluding hydrogens is 271 g/mol. The summed E-state index contributed by atoms with van der Waals surface area (Å²) in [5.74, 6) is 6.60. The predicted octanol–water partition coefficient (Wildman–Crippen LogP) is 3.19. The van der Waals surface area contributed by atoms with Gasteiger partial charge in [0.2, 0.25) is 0 Å². The van der Waals surface area contributed by atoms with Gasteiger partial charge < -0.3 is 9.47 Å². The Kier molecular flexibility index (Phi) is 6.29. The lowest BCUT2D eigenvalue weighted by atomic mass is 10.1. The molecule has 18 heavy (non-hydrogen) atoms. The molecule has 4 heteroatoms. The van der Waals surface area contributed by atoms with Gasteiger partial charge in [0.15, 0.2) is 0 Å². The molecule has 0 aliphatic heterocycles. The van der Waals surface area contributed by atoms with Crippen molar-refractivity contribution in [1.29, 1.82) is 0 Å². The van der Waals surface area contributed by atoms with Crippen LogP contribution in [-0.4, -0.2) is 13.2 Å². The fraction of sp³-hybridized carbons (Fsp3) is 0.286. The number of ether oxygens (including phenoxy) is 2. The molecule has 94 valence electrons. The topological polar surface area (TPSA) is 18.5 Å². The highest BCUT2D eigenvalue weighted by molar-refractivity contribution is 6.18. The number of alkyl halides is 2. The van der Waals surface area contributed by atoms with Crippen LogP contribution in [0.1, 0.15) is 11.1 Å². The summed E-state index contributed by atoms with van der Waals surface area (Å²) in [5, 5.41) is 0. The molecule has 1 aromatic rings. The second-order valence-corrected chi connectivity index (χ2v) is 3.86. The van der Waals surface area contributed by atoms with Gasteiger partial charge in [-0.05, 0) is 12.1 Å². The van der Waals surface area contributed by atoms with Crippen molar-refractivity contribution in [1.82, 2.24) is 0 Å². The van der Waals surface area contributed by atoms with Crippen molar-refractivity contribution in [2.24, 2.45) is 0 Å². The van der Waals surface area contributed by atoms with Crippen LogP contribution in [0.4, 0.5) is 0 Å². The van der Waals surface area contributed by atoms with Crippen LogP contribution >= 0.6 is 23.2 Å². The van der Waals surface area contributed by atoms with E-state index in [-0.39, 0.29) is 25.0 Å². The van der Waals surface area contributed by atoms with Crippen LogP contribution in [0, 0.1) is 24.7 Å². The number of hydrogen-bond donors (Lipinski definition) is 0. The fourth-order valence-electron chi connectivity index (χ4n) is 1.36. The molecular formula is C14H12Cl2O2. The normalized spacial score (nSPS) is 9.33. The molecule has 0 N–H and O–H groups in total. The lowest BCUT2D eigenvalue weighted by molar-refractivity contribution is 0.355. The third-order valence-electron chi connectivity index (χ3n) is 2.15. The molecule has 1 rings (SSSR count). The van der Waals surface area contributed by atoms with Gasteiger partial charge in [-0.1, -0.05) is 11.8 Å². The number of rotatable bonds is 6. The van der Waals surface area contributed by atoms with Crippen LogP contribution in [0.3, 0.4) is 0 Å². The molecule has 0 atom stereocenters. The van der Waals surface area contributed by atoms with Crippen molar-refractivity contribution in [3.8, 4) is 36.2 Å². The minimum atomic E-state index is 0.177. The van der Waals surface area contributed by atoms with Gasteiger partial charge in [0.05, 0.1) is 11.8 Å². The van der Waals surface area contributed by atoms with Crippen molar-refractivity contribution in [3.05, 3.63) is 23.3 Å². The van der Waals surface area contributed by atoms with E-state index in [2.05, 4.69) is 11.8 Å². The van der Waals surface area contributed by atoms with E-state index in [0.717, 1.165) is 11.1 Å². The van der Waals surface area contributed by atoms with Crippen LogP contribution in [0.15, 0.2) is 12.1 Å². The fourth-order valence-corrected chi connectivity index (χ4v) is 1.78. The summed E-state index contributed by atoms with van der Waals surface area (Å²) < 4.78 is 10.8. The van der Waals surface area contributed by atoms with Gasteiger partial charge in [-0.15, -0.1) is 36.0 Å². The monoisotopic (exact) mass is 282 g/mol. The number of benzene rings is 1. The lowest BCUT2D eigenvalue weighted by Gasteiger charge is -2.13. The number of hydrogen-bond acceptors (Lipinski definition) is 2. The largest absolute Gasteiger partial charge is 0.481 e. The molecule has 2 nitrogen and oxygen atoms in total. The quantitative estimate of drug-likeness (QED) is 0.589. The molecule has 0 aliphatic carbocycles. The van der Waals surface area contributed by atoms with Crippen LogP contribution in [-0.2, 0) is 11.8 Å².